The van der Waals surface area contributed by atoms with Crippen LogP contribution in [-0.4, -0.2) is 126 Å². The second kappa shape index (κ2) is 14.2. The number of aromatic hydroxyl groups is 4. The van der Waals surface area contributed by atoms with E-state index in [2.05, 4.69) is 0 Å². The van der Waals surface area contributed by atoms with Gasteiger partial charge in [-0.15, -0.1) is 0 Å². The van der Waals surface area contributed by atoms with Gasteiger partial charge in [0.15, 0.2) is 29.0 Å². The number of ether oxygens (including phenoxy) is 2. The predicted molar refractivity (Wildman–Crippen MR) is 138 cm³/mol. The lowest BCUT2D eigenvalue weighted by Gasteiger charge is -2.40. The summed E-state index contributed by atoms with van der Waals surface area (Å²) in [5, 5.41) is 105. The number of carbonyl (C=O) groups excluding carboxylic acids is 4. The summed E-state index contributed by atoms with van der Waals surface area (Å²) in [5.74, 6) is -9.33. The Morgan fingerprint density at radius 2 is 1.45 bits per heavy atom. The Hall–Kier alpha value is -4.72. The Balaban J connectivity index is 1.73. The van der Waals surface area contributed by atoms with Crippen molar-refractivity contribution in [1.82, 2.24) is 10.6 Å². The first-order valence-corrected chi connectivity index (χ1v) is 12.7. The summed E-state index contributed by atoms with van der Waals surface area (Å²) in [5.41, 5.74) is -1.48. The monoisotopic (exact) mass is 625 g/mol. The third-order valence-electron chi connectivity index (χ3n) is 6.59. The van der Waals surface area contributed by atoms with Gasteiger partial charge < -0.3 is 76.0 Å². The van der Waals surface area contributed by atoms with Crippen LogP contribution in [0, 0.1) is 0 Å². The van der Waals surface area contributed by atoms with Crippen LogP contribution in [0.5, 0.6) is 23.0 Å². The number of carboxylic acid groups (broad SMARTS) is 1. The number of nitrogens with one attached hydrogen (secondary N) is 2. The molecule has 0 radical (unpaired) electrons. The maximum Gasteiger partial charge on any atom is 0.331 e. The van der Waals surface area contributed by atoms with Gasteiger partial charge in [-0.2, -0.15) is 0 Å². The summed E-state index contributed by atoms with van der Waals surface area (Å²) in [6.07, 6.45) is -8.28. The normalized spacial score (nSPS) is 22.8. The zero-order chi connectivity index (χ0) is 32.9. The third-order valence-corrected chi connectivity index (χ3v) is 6.59. The van der Waals surface area contributed by atoms with E-state index >= 15 is 0 Å². The van der Waals surface area contributed by atoms with E-state index in [-0.39, 0.29) is 5.56 Å². The quantitative estimate of drug-likeness (QED) is 0.0824. The van der Waals surface area contributed by atoms with Crippen molar-refractivity contribution < 1.29 is 79.7 Å². The third kappa shape index (κ3) is 7.25. The molecule has 2 aromatic carbocycles. The number of rotatable bonds is 11. The summed E-state index contributed by atoms with van der Waals surface area (Å²) in [6, 6.07) is 1.17. The van der Waals surface area contributed by atoms with E-state index in [0.29, 0.717) is 0 Å². The number of aliphatic hydroxyl groups excluding tert-OH is 5. The molecule has 0 unspecified atom stereocenters. The van der Waals surface area contributed by atoms with E-state index in [9.17, 15) is 70.2 Å². The number of hydrogen-bond acceptors (Lipinski definition) is 16. The second-order valence-electron chi connectivity index (χ2n) is 9.54. The molecule has 3 rings (SSSR count). The molecule has 18 heteroatoms. The molecule has 18 nitrogen and oxygen atoms in total. The van der Waals surface area contributed by atoms with Gasteiger partial charge in [-0.25, -0.2) is 4.79 Å². The van der Waals surface area contributed by atoms with Gasteiger partial charge in [0.25, 0.3) is 11.8 Å². The smallest absolute Gasteiger partial charge is 0.331 e. The SMILES string of the molecule is O=C(N[C@@H](COC(=O)[C@H](CO)NC(=O)c1cccc(O)c1O)C(=O)[O-])c1cc([C@@H]2O[C@H](CO)[C@@H](O)[C@H](O)[C@H]2O)cc(O)c1O. The minimum Gasteiger partial charge on any atom is -0.548 e. The van der Waals surface area contributed by atoms with Crippen LogP contribution < -0.4 is 15.7 Å². The summed E-state index contributed by atoms with van der Waals surface area (Å²) in [7, 11) is 0. The molecule has 0 bridgehead atoms. The van der Waals surface area contributed by atoms with Crippen LogP contribution in [0.1, 0.15) is 32.4 Å². The first kappa shape index (κ1) is 33.8. The van der Waals surface area contributed by atoms with Gasteiger partial charge in [0.2, 0.25) is 0 Å². The van der Waals surface area contributed by atoms with Crippen molar-refractivity contribution in [3.05, 3.63) is 47.0 Å². The summed E-state index contributed by atoms with van der Waals surface area (Å²) in [6.45, 7) is -2.97. The Morgan fingerprint density at radius 3 is 2.07 bits per heavy atom. The van der Waals surface area contributed by atoms with E-state index in [4.69, 9.17) is 9.47 Å². The maximum atomic E-state index is 12.9. The Labute approximate surface area is 247 Å². The number of esters is 1. The number of carboxylic acids is 1. The Morgan fingerprint density at radius 1 is 0.841 bits per heavy atom. The van der Waals surface area contributed by atoms with Crippen molar-refractivity contribution in [1.29, 1.82) is 0 Å². The van der Waals surface area contributed by atoms with E-state index in [0.717, 1.165) is 24.3 Å². The highest BCUT2D eigenvalue weighted by atomic mass is 16.5. The number of benzene rings is 2. The molecule has 2 amide bonds. The fourth-order valence-corrected chi connectivity index (χ4v) is 4.16. The Bertz CT molecular complexity index is 1400. The molecule has 0 saturated carbocycles. The van der Waals surface area contributed by atoms with Gasteiger partial charge in [0, 0.05) is 0 Å². The van der Waals surface area contributed by atoms with E-state index in [1.165, 1.54) is 6.07 Å². The fourth-order valence-electron chi connectivity index (χ4n) is 4.16. The lowest BCUT2D eigenvalue weighted by Crippen LogP contribution is -2.55. The summed E-state index contributed by atoms with van der Waals surface area (Å²) in [4.78, 5) is 49.3. The molecule has 1 heterocycles. The van der Waals surface area contributed by atoms with Crippen LogP contribution in [0.3, 0.4) is 0 Å². The van der Waals surface area contributed by atoms with Crippen molar-refractivity contribution in [2.75, 3.05) is 19.8 Å². The van der Waals surface area contributed by atoms with Crippen LogP contribution in [0.25, 0.3) is 0 Å². The average Bonchev–Trinajstić information content (AvgIpc) is 2.99. The maximum absolute atomic E-state index is 12.9. The predicted octanol–water partition coefficient (Wildman–Crippen LogP) is -4.79. The summed E-state index contributed by atoms with van der Waals surface area (Å²) < 4.78 is 10.1. The number of aliphatic hydroxyl groups is 5. The summed E-state index contributed by atoms with van der Waals surface area (Å²) >= 11 is 0. The van der Waals surface area contributed by atoms with Gasteiger partial charge in [-0.05, 0) is 29.8 Å². The average molecular weight is 626 g/mol. The van der Waals surface area contributed by atoms with Crippen LogP contribution >= 0.6 is 0 Å². The van der Waals surface area contributed by atoms with Crippen LogP contribution in [-0.2, 0) is 19.1 Å². The van der Waals surface area contributed by atoms with Gasteiger partial charge in [0.05, 0.1) is 30.3 Å². The number of amides is 2. The zero-order valence-electron chi connectivity index (χ0n) is 22.4. The zero-order valence-corrected chi connectivity index (χ0v) is 22.4. The number of phenols is 4. The molecule has 0 spiro atoms. The highest BCUT2D eigenvalue weighted by Gasteiger charge is 2.44. The van der Waals surface area contributed by atoms with Gasteiger partial charge in [0.1, 0.15) is 43.2 Å². The van der Waals surface area contributed by atoms with Gasteiger partial charge in [-0.3, -0.25) is 9.59 Å². The molecule has 1 fully saturated rings. The van der Waals surface area contributed by atoms with Crippen molar-refractivity contribution >= 4 is 23.8 Å². The van der Waals surface area contributed by atoms with Crippen molar-refractivity contribution in [3.8, 4) is 23.0 Å². The molecule has 0 aromatic heterocycles. The molecule has 0 aliphatic carbocycles. The second-order valence-corrected chi connectivity index (χ2v) is 9.54. The van der Waals surface area contributed by atoms with Crippen molar-refractivity contribution in [3.63, 3.8) is 0 Å². The number of para-hydroxylation sites is 1. The van der Waals surface area contributed by atoms with Gasteiger partial charge >= 0.3 is 5.97 Å². The molecular weight excluding hydrogens is 596 g/mol. The highest BCUT2D eigenvalue weighted by Crippen LogP contribution is 2.38. The van der Waals surface area contributed by atoms with Crippen LogP contribution in [0.4, 0.5) is 0 Å². The molecule has 11 N–H and O–H groups in total. The molecule has 1 aliphatic heterocycles. The highest BCUT2D eigenvalue weighted by molar-refractivity contribution is 6.00. The van der Waals surface area contributed by atoms with Crippen LogP contribution in [0.2, 0.25) is 0 Å². The molecule has 7 atom stereocenters. The molecular formula is C26H29N2O16-. The van der Waals surface area contributed by atoms with Crippen molar-refractivity contribution in [2.24, 2.45) is 0 Å². The minimum absolute atomic E-state index is 0.238. The number of hydrogen-bond donors (Lipinski definition) is 11. The van der Waals surface area contributed by atoms with Crippen LogP contribution in [0.15, 0.2) is 30.3 Å². The van der Waals surface area contributed by atoms with Crippen molar-refractivity contribution in [2.45, 2.75) is 42.6 Å². The first-order chi connectivity index (χ1) is 20.7. The molecule has 44 heavy (non-hydrogen) atoms. The van der Waals surface area contributed by atoms with E-state index in [1.807, 2.05) is 10.6 Å². The molecule has 1 saturated heterocycles. The number of phenolic OH excluding ortho intramolecular Hbond substituents is 4. The molecule has 240 valence electrons. The Kier molecular flexibility index (Phi) is 10.9. The number of aliphatic carboxylic acids is 1. The lowest BCUT2D eigenvalue weighted by molar-refractivity contribution is -0.308. The fraction of sp³-hybridized carbons (Fsp3) is 0.385. The molecule has 1 aliphatic rings. The minimum atomic E-state index is -2.10. The topological polar surface area (TPSA) is 316 Å². The largest absolute Gasteiger partial charge is 0.548 e. The molecule has 2 aromatic rings. The first-order valence-electron chi connectivity index (χ1n) is 12.7. The number of carbonyl (C=O) groups is 4. The standard InChI is InChI=1S/C26H30N2O16/c29-6-12(27-23(38)10-2-1-3-14(31)17(10)33)26(42)43-8-13(25(40)41)28-24(39)11-4-9(5-15(32)18(11)34)22-21(37)20(36)19(35)16(7-30)44-22/h1-5,12-13,16,19-22,29-37H,6-8H2,(H,27,38)(H,28,39)(H,40,41)/p-1/t12-,13-,16+,19+,20-,21+,22-/m0/s1. The lowest BCUT2D eigenvalue weighted by atomic mass is 9.90. The van der Waals surface area contributed by atoms with E-state index < -0.39 is 120 Å². The van der Waals surface area contributed by atoms with E-state index in [1.54, 1.807) is 0 Å². The van der Waals surface area contributed by atoms with Gasteiger partial charge in [-0.1, -0.05) is 6.07 Å².